The normalized spacial score (nSPS) is 15.4. The van der Waals surface area contributed by atoms with Crippen molar-refractivity contribution in [3.05, 3.63) is 0 Å². The molecule has 44 heavy (non-hydrogen) atoms. The second-order valence-electron chi connectivity index (χ2n) is 8.02. The van der Waals surface area contributed by atoms with Gasteiger partial charge < -0.3 is 14.2 Å². The fourth-order valence-corrected chi connectivity index (χ4v) is 2.03. The van der Waals surface area contributed by atoms with Crippen LogP contribution in [-0.2, 0) is 14.2 Å². The number of halogens is 21. The maximum atomic E-state index is 12.5. The molecule has 0 aliphatic carbocycles. The van der Waals surface area contributed by atoms with E-state index in [1.54, 1.807) is 0 Å². The number of rotatable bonds is 17. The summed E-state index contributed by atoms with van der Waals surface area (Å²) in [5.74, 6) is -36.4. The zero-order valence-corrected chi connectivity index (χ0v) is 22.2. The Morgan fingerprint density at radius 2 is 0.795 bits per heavy atom. The lowest BCUT2D eigenvalue weighted by atomic mass is 10.1. The Kier molecular flexibility index (Phi) is 19.1. The first kappa shape index (κ1) is 46.8. The molecule has 3 nitrogen and oxygen atoms in total. The highest BCUT2D eigenvalue weighted by Crippen LogP contribution is 2.46. The summed E-state index contributed by atoms with van der Waals surface area (Å²) in [5.41, 5.74) is 0. The molecule has 0 rings (SSSR count). The molecule has 0 aliphatic heterocycles. The first-order chi connectivity index (χ1) is 19.4. The molecule has 2 atom stereocenters. The average molecular weight is 712 g/mol. The molecule has 0 saturated heterocycles. The minimum atomic E-state index is -5.77. The average Bonchev–Trinajstić information content (AvgIpc) is 2.90. The van der Waals surface area contributed by atoms with Crippen LogP contribution in [0.5, 0.6) is 0 Å². The van der Waals surface area contributed by atoms with Crippen molar-refractivity contribution in [3.63, 3.8) is 0 Å². The van der Waals surface area contributed by atoms with Crippen molar-refractivity contribution < 1.29 is 106 Å². The summed E-state index contributed by atoms with van der Waals surface area (Å²) in [6.07, 6.45) is -17.5. The summed E-state index contributed by atoms with van der Waals surface area (Å²) in [4.78, 5) is 0. The van der Waals surface area contributed by atoms with Crippen LogP contribution in [0.15, 0.2) is 0 Å². The van der Waals surface area contributed by atoms with Crippen LogP contribution in [0, 0.1) is 0 Å². The van der Waals surface area contributed by atoms with Gasteiger partial charge in [-0.1, -0.05) is 0 Å². The van der Waals surface area contributed by atoms with Crippen LogP contribution in [0.25, 0.3) is 0 Å². The molecule has 0 bridgehead atoms. The van der Waals surface area contributed by atoms with Gasteiger partial charge in [0, 0.05) is 20.3 Å². The van der Waals surface area contributed by atoms with Crippen LogP contribution < -0.4 is 0 Å². The largest absolute Gasteiger partial charge is 0.378 e. The van der Waals surface area contributed by atoms with Crippen LogP contribution >= 0.6 is 0 Å². The van der Waals surface area contributed by atoms with Gasteiger partial charge in [-0.2, -0.15) is 43.9 Å². The predicted molar refractivity (Wildman–Crippen MR) is 107 cm³/mol. The van der Waals surface area contributed by atoms with Crippen molar-refractivity contribution in [3.8, 4) is 0 Å². The summed E-state index contributed by atoms with van der Waals surface area (Å²) in [7, 11) is 0.636. The number of methoxy groups -OCH3 is 1. The number of alkyl halides is 21. The Morgan fingerprint density at radius 3 is 1.00 bits per heavy atom. The van der Waals surface area contributed by atoms with Crippen LogP contribution in [-0.4, -0.2) is 113 Å². The molecule has 24 heteroatoms. The molecule has 0 aromatic heterocycles. The lowest BCUT2D eigenvalue weighted by Gasteiger charge is -2.30. The predicted octanol–water partition coefficient (Wildman–Crippen LogP) is 8.30. The van der Waals surface area contributed by atoms with E-state index < -0.39 is 93.1 Å². The zero-order valence-electron chi connectivity index (χ0n) is 22.2. The molecule has 2 unspecified atom stereocenters. The van der Waals surface area contributed by atoms with E-state index in [-0.39, 0.29) is 13.2 Å². The van der Waals surface area contributed by atoms with Crippen molar-refractivity contribution in [2.45, 2.75) is 80.5 Å². The fraction of sp³-hybridized carbons (Fsp3) is 1.00. The molecule has 0 radical (unpaired) electrons. The van der Waals surface area contributed by atoms with Gasteiger partial charge in [0.05, 0.1) is 0 Å². The topological polar surface area (TPSA) is 27.7 Å². The summed E-state index contributed by atoms with van der Waals surface area (Å²) >= 11 is 0. The van der Waals surface area contributed by atoms with Gasteiger partial charge in [0.1, 0.15) is 19.8 Å². The van der Waals surface area contributed by atoms with Crippen molar-refractivity contribution in [2.24, 2.45) is 0 Å². The minimum absolute atomic E-state index is 0.261. The molecule has 0 aliphatic rings. The van der Waals surface area contributed by atoms with E-state index in [9.17, 15) is 92.2 Å². The van der Waals surface area contributed by atoms with Gasteiger partial charge in [0.25, 0.3) is 0 Å². The van der Waals surface area contributed by atoms with Crippen LogP contribution in [0.2, 0.25) is 0 Å². The number of ether oxygens (including phenoxy) is 3. The SMILES string of the molecule is CCOCC(F)(F)C(F)C(F)(F)C(F)F.CCOCC(F)(F)C(F)C(F)(F)C(F)F.COCC(F)(F)C(F)(F)C(F)(F)CF. The zero-order chi connectivity index (χ0) is 36.2. The molecule has 0 N–H and O–H groups in total. The minimum Gasteiger partial charge on any atom is -0.378 e. The third-order valence-electron chi connectivity index (χ3n) is 4.41. The highest BCUT2D eigenvalue weighted by molar-refractivity contribution is 4.96. The maximum Gasteiger partial charge on any atom is 0.377 e. The number of hydrogen-bond donors (Lipinski definition) is 0. The summed E-state index contributed by atoms with van der Waals surface area (Å²) < 4.78 is 267. The van der Waals surface area contributed by atoms with Crippen molar-refractivity contribution in [2.75, 3.05) is 46.8 Å². The third kappa shape index (κ3) is 13.0. The van der Waals surface area contributed by atoms with Gasteiger partial charge in [-0.05, 0) is 13.8 Å². The quantitative estimate of drug-likeness (QED) is 0.142. The Labute approximate surface area is 235 Å². The molecule has 0 aromatic rings. The Bertz CT molecular complexity index is 736. The Morgan fingerprint density at radius 1 is 0.500 bits per heavy atom. The van der Waals surface area contributed by atoms with Crippen LogP contribution in [0.3, 0.4) is 0 Å². The van der Waals surface area contributed by atoms with Crippen molar-refractivity contribution in [1.82, 2.24) is 0 Å². The van der Waals surface area contributed by atoms with E-state index in [0.29, 0.717) is 7.11 Å². The highest BCUT2D eigenvalue weighted by Gasteiger charge is 2.71. The summed E-state index contributed by atoms with van der Waals surface area (Å²) in [5, 5.41) is 0. The van der Waals surface area contributed by atoms with Gasteiger partial charge in [0.15, 0.2) is 6.67 Å². The second-order valence-corrected chi connectivity index (χ2v) is 8.02. The van der Waals surface area contributed by atoms with Gasteiger partial charge in [-0.25, -0.2) is 48.3 Å². The molecule has 0 amide bonds. The monoisotopic (exact) mass is 712 g/mol. The van der Waals surface area contributed by atoms with Gasteiger partial charge in [0.2, 0.25) is 12.3 Å². The lowest BCUT2D eigenvalue weighted by Crippen LogP contribution is -2.57. The van der Waals surface area contributed by atoms with E-state index in [0.717, 1.165) is 0 Å². The van der Waals surface area contributed by atoms with Crippen molar-refractivity contribution in [1.29, 1.82) is 0 Å². The van der Waals surface area contributed by atoms with E-state index in [1.807, 2.05) is 0 Å². The highest BCUT2D eigenvalue weighted by atomic mass is 19.4. The third-order valence-corrected chi connectivity index (χ3v) is 4.41. The fourth-order valence-electron chi connectivity index (χ4n) is 2.03. The van der Waals surface area contributed by atoms with Crippen LogP contribution in [0.1, 0.15) is 13.8 Å². The first-order valence-corrected chi connectivity index (χ1v) is 11.1. The van der Waals surface area contributed by atoms with Crippen molar-refractivity contribution >= 4 is 0 Å². The molecule has 0 saturated carbocycles. The molecule has 0 aromatic carbocycles. The summed E-state index contributed by atoms with van der Waals surface area (Å²) in [6, 6.07) is 0. The summed E-state index contributed by atoms with van der Waals surface area (Å²) in [6.45, 7) is -6.07. The maximum absolute atomic E-state index is 12.5. The van der Waals surface area contributed by atoms with E-state index in [2.05, 4.69) is 14.2 Å². The lowest BCUT2D eigenvalue weighted by molar-refractivity contribution is -0.320. The van der Waals surface area contributed by atoms with E-state index in [1.165, 1.54) is 13.8 Å². The van der Waals surface area contributed by atoms with E-state index in [4.69, 9.17) is 0 Å². The standard InChI is InChI=1S/2C7H9F7O.C6H7F7O/c2*1-2-15-3-6(11,12)4(8)7(13,14)5(9)10;1-14-3-5(10,11)6(12,13)4(8,9)2-7/h2*4-5H,2-3H2,1H3;2-3H2,1H3. The molecule has 270 valence electrons. The van der Waals surface area contributed by atoms with Gasteiger partial charge >= 0.3 is 54.3 Å². The molecular formula is C20H25F21O3. The van der Waals surface area contributed by atoms with Gasteiger partial charge in [-0.3, -0.25) is 0 Å². The molecule has 0 heterocycles. The molecule has 0 fully saturated rings. The van der Waals surface area contributed by atoms with Crippen LogP contribution in [0.4, 0.5) is 92.2 Å². The smallest absolute Gasteiger partial charge is 0.377 e. The molecule has 0 spiro atoms. The molecular weight excluding hydrogens is 687 g/mol. The van der Waals surface area contributed by atoms with E-state index >= 15 is 0 Å². The Balaban J connectivity index is -0.000000574. The first-order valence-electron chi connectivity index (χ1n) is 11.1. The van der Waals surface area contributed by atoms with Gasteiger partial charge in [-0.15, -0.1) is 0 Å². The Hall–Kier alpha value is -1.59. The second kappa shape index (κ2) is 17.9. The number of hydrogen-bond acceptors (Lipinski definition) is 3.